The summed E-state index contributed by atoms with van der Waals surface area (Å²) in [6.45, 7) is 2.11. The SMILES string of the molecule is CNC1CCN(c2ccc(NC(O)c3ccc(-c4cccc(OC)c4)s3)cc2)C1. The van der Waals surface area contributed by atoms with Crippen molar-refractivity contribution in [3.05, 3.63) is 65.5 Å². The van der Waals surface area contributed by atoms with Crippen LogP contribution < -0.4 is 20.3 Å². The molecule has 29 heavy (non-hydrogen) atoms. The Labute approximate surface area is 176 Å². The molecule has 1 saturated heterocycles. The summed E-state index contributed by atoms with van der Waals surface area (Å²) in [5.41, 5.74) is 3.21. The summed E-state index contributed by atoms with van der Waals surface area (Å²) in [4.78, 5) is 4.37. The summed E-state index contributed by atoms with van der Waals surface area (Å²) in [5.74, 6) is 0.829. The maximum atomic E-state index is 10.6. The number of benzene rings is 2. The zero-order chi connectivity index (χ0) is 20.2. The second-order valence-electron chi connectivity index (χ2n) is 7.25. The van der Waals surface area contributed by atoms with Gasteiger partial charge < -0.3 is 25.4 Å². The number of methoxy groups -OCH3 is 1. The first-order valence-corrected chi connectivity index (χ1v) is 10.7. The van der Waals surface area contributed by atoms with Gasteiger partial charge in [0.25, 0.3) is 0 Å². The first-order chi connectivity index (χ1) is 14.2. The minimum absolute atomic E-state index is 0.562. The van der Waals surface area contributed by atoms with Gasteiger partial charge in [-0.1, -0.05) is 12.1 Å². The zero-order valence-corrected chi connectivity index (χ0v) is 17.6. The molecule has 3 N–H and O–H groups in total. The molecule has 152 valence electrons. The van der Waals surface area contributed by atoms with Gasteiger partial charge in [-0.05, 0) is 67.6 Å². The van der Waals surface area contributed by atoms with Crippen LogP contribution in [0.1, 0.15) is 17.5 Å². The van der Waals surface area contributed by atoms with Gasteiger partial charge in [-0.15, -0.1) is 11.3 Å². The average molecular weight is 410 g/mol. The molecule has 5 nitrogen and oxygen atoms in total. The van der Waals surface area contributed by atoms with Gasteiger partial charge in [0.05, 0.1) is 12.0 Å². The topological polar surface area (TPSA) is 56.8 Å². The van der Waals surface area contributed by atoms with Crippen LogP contribution in [0.3, 0.4) is 0 Å². The molecule has 1 aromatic heterocycles. The number of thiophene rings is 1. The highest BCUT2D eigenvalue weighted by molar-refractivity contribution is 7.15. The molecule has 0 amide bonds. The van der Waals surface area contributed by atoms with Crippen molar-refractivity contribution in [3.8, 4) is 16.2 Å². The van der Waals surface area contributed by atoms with E-state index in [9.17, 15) is 5.11 Å². The fourth-order valence-corrected chi connectivity index (χ4v) is 4.60. The van der Waals surface area contributed by atoms with E-state index in [2.05, 4.69) is 27.7 Å². The third-order valence-corrected chi connectivity index (χ3v) is 6.57. The third-order valence-electron chi connectivity index (χ3n) is 5.38. The van der Waals surface area contributed by atoms with Gasteiger partial charge in [0.15, 0.2) is 6.23 Å². The molecular weight excluding hydrogens is 382 g/mol. The molecule has 0 saturated carbocycles. The predicted molar refractivity (Wildman–Crippen MR) is 121 cm³/mol. The smallest absolute Gasteiger partial charge is 0.160 e. The predicted octanol–water partition coefficient (Wildman–Crippen LogP) is 4.32. The lowest BCUT2D eigenvalue weighted by Crippen LogP contribution is -2.29. The van der Waals surface area contributed by atoms with Crippen molar-refractivity contribution in [2.45, 2.75) is 18.7 Å². The van der Waals surface area contributed by atoms with Crippen LogP contribution in [0, 0.1) is 0 Å². The second-order valence-corrected chi connectivity index (χ2v) is 8.36. The minimum atomic E-state index is -0.745. The number of hydrogen-bond donors (Lipinski definition) is 3. The van der Waals surface area contributed by atoms with Crippen LogP contribution in [-0.2, 0) is 0 Å². The van der Waals surface area contributed by atoms with Crippen LogP contribution in [0.4, 0.5) is 11.4 Å². The van der Waals surface area contributed by atoms with E-state index in [1.54, 1.807) is 18.4 Å². The number of rotatable bonds is 7. The van der Waals surface area contributed by atoms with Gasteiger partial charge in [0.2, 0.25) is 0 Å². The Morgan fingerprint density at radius 3 is 2.69 bits per heavy atom. The van der Waals surface area contributed by atoms with Crippen LogP contribution in [0.2, 0.25) is 0 Å². The van der Waals surface area contributed by atoms with E-state index in [4.69, 9.17) is 4.74 Å². The molecule has 6 heteroatoms. The summed E-state index contributed by atoms with van der Waals surface area (Å²) >= 11 is 1.58. The molecule has 1 aliphatic rings. The van der Waals surface area contributed by atoms with Crippen molar-refractivity contribution in [3.63, 3.8) is 0 Å². The average Bonchev–Trinajstić information content (AvgIpc) is 3.44. The molecule has 4 rings (SSSR count). The van der Waals surface area contributed by atoms with E-state index in [0.29, 0.717) is 6.04 Å². The lowest BCUT2D eigenvalue weighted by molar-refractivity contribution is 0.212. The van der Waals surface area contributed by atoms with E-state index >= 15 is 0 Å². The Balaban J connectivity index is 1.40. The van der Waals surface area contributed by atoms with Gasteiger partial charge in [0.1, 0.15) is 5.75 Å². The Morgan fingerprint density at radius 1 is 1.14 bits per heavy atom. The molecule has 0 bridgehead atoms. The van der Waals surface area contributed by atoms with E-state index in [0.717, 1.165) is 39.8 Å². The number of aliphatic hydroxyl groups is 1. The number of ether oxygens (including phenoxy) is 1. The van der Waals surface area contributed by atoms with Crippen LogP contribution in [-0.4, -0.2) is 38.4 Å². The summed E-state index contributed by atoms with van der Waals surface area (Å²) in [5, 5.41) is 17.2. The van der Waals surface area contributed by atoms with Crippen LogP contribution in [0.25, 0.3) is 10.4 Å². The highest BCUT2D eigenvalue weighted by atomic mass is 32.1. The van der Waals surface area contributed by atoms with Gasteiger partial charge in [-0.25, -0.2) is 0 Å². The van der Waals surface area contributed by atoms with Crippen molar-refractivity contribution in [2.75, 3.05) is 37.5 Å². The largest absolute Gasteiger partial charge is 0.497 e. The second kappa shape index (κ2) is 8.86. The van der Waals surface area contributed by atoms with Crippen molar-refractivity contribution in [1.82, 2.24) is 5.32 Å². The van der Waals surface area contributed by atoms with Crippen LogP contribution in [0.5, 0.6) is 5.75 Å². The monoisotopic (exact) mass is 409 g/mol. The molecule has 2 heterocycles. The van der Waals surface area contributed by atoms with Crippen LogP contribution >= 0.6 is 11.3 Å². The number of nitrogens with one attached hydrogen (secondary N) is 2. The summed E-state index contributed by atoms with van der Waals surface area (Å²) in [7, 11) is 3.69. The van der Waals surface area contributed by atoms with Gasteiger partial charge in [-0.2, -0.15) is 0 Å². The molecule has 0 aliphatic carbocycles. The lowest BCUT2D eigenvalue weighted by Gasteiger charge is -2.19. The highest BCUT2D eigenvalue weighted by Gasteiger charge is 2.21. The van der Waals surface area contributed by atoms with Crippen molar-refractivity contribution < 1.29 is 9.84 Å². The van der Waals surface area contributed by atoms with Crippen molar-refractivity contribution in [1.29, 1.82) is 0 Å². The number of anilines is 2. The van der Waals surface area contributed by atoms with E-state index in [1.165, 1.54) is 12.1 Å². The molecule has 0 spiro atoms. The first-order valence-electron chi connectivity index (χ1n) is 9.87. The molecule has 1 aliphatic heterocycles. The van der Waals surface area contributed by atoms with Gasteiger partial charge >= 0.3 is 0 Å². The Bertz CT molecular complexity index is 941. The Morgan fingerprint density at radius 2 is 1.97 bits per heavy atom. The third kappa shape index (κ3) is 4.56. The minimum Gasteiger partial charge on any atom is -0.497 e. The lowest BCUT2D eigenvalue weighted by atomic mass is 10.2. The number of nitrogens with zero attached hydrogens (tertiary/aromatic N) is 1. The fourth-order valence-electron chi connectivity index (χ4n) is 3.66. The molecular formula is C23H27N3O2S. The molecule has 1 fully saturated rings. The maximum absolute atomic E-state index is 10.6. The van der Waals surface area contributed by atoms with E-state index in [-0.39, 0.29) is 0 Å². The quantitative estimate of drug-likeness (QED) is 0.507. The fraction of sp³-hybridized carbons (Fsp3) is 0.304. The van der Waals surface area contributed by atoms with Crippen molar-refractivity contribution >= 4 is 22.7 Å². The molecule has 0 radical (unpaired) electrons. The van der Waals surface area contributed by atoms with E-state index < -0.39 is 6.23 Å². The molecule has 2 unspecified atom stereocenters. The van der Waals surface area contributed by atoms with Crippen LogP contribution in [0.15, 0.2) is 60.7 Å². The summed E-state index contributed by atoms with van der Waals surface area (Å²) in [6, 6.07) is 20.8. The summed E-state index contributed by atoms with van der Waals surface area (Å²) < 4.78 is 5.30. The Hall–Kier alpha value is -2.54. The number of likely N-dealkylation sites (N-methyl/N-ethyl adjacent to an activating group) is 1. The standard InChI is InChI=1S/C23H27N3O2S/c1-24-18-12-13-26(15-18)19-8-6-17(7-9-19)25-23(27)22-11-10-21(29-22)16-4-3-5-20(14-16)28-2/h3-11,14,18,23-25,27H,12-13,15H2,1-2H3. The first kappa shape index (κ1) is 19.8. The van der Waals surface area contributed by atoms with Crippen molar-refractivity contribution in [2.24, 2.45) is 0 Å². The van der Waals surface area contributed by atoms with Gasteiger partial charge in [0, 0.05) is 35.4 Å². The number of aliphatic hydroxyl groups excluding tert-OH is 1. The summed E-state index contributed by atoms with van der Waals surface area (Å²) in [6.07, 6.45) is 0.425. The molecule has 3 aromatic rings. The maximum Gasteiger partial charge on any atom is 0.160 e. The molecule has 2 aromatic carbocycles. The zero-order valence-electron chi connectivity index (χ0n) is 16.8. The van der Waals surface area contributed by atoms with E-state index in [1.807, 2.05) is 55.6 Å². The number of hydrogen-bond acceptors (Lipinski definition) is 6. The highest BCUT2D eigenvalue weighted by Crippen LogP contribution is 2.33. The molecule has 2 atom stereocenters. The normalized spacial score (nSPS) is 17.3. The van der Waals surface area contributed by atoms with Gasteiger partial charge in [-0.3, -0.25) is 0 Å². The Kier molecular flexibility index (Phi) is 6.04.